The summed E-state index contributed by atoms with van der Waals surface area (Å²) in [7, 11) is -2.15. The number of nitrogen functional groups attached to an aromatic ring is 1. The summed E-state index contributed by atoms with van der Waals surface area (Å²) < 4.78 is 0.904. The van der Waals surface area contributed by atoms with Gasteiger partial charge in [0.25, 0.3) is 0 Å². The van der Waals surface area contributed by atoms with Crippen LogP contribution in [0.15, 0.2) is 53.9 Å². The highest BCUT2D eigenvalue weighted by atomic mass is 32.1. The molecule has 4 nitrogen and oxygen atoms in total. The van der Waals surface area contributed by atoms with Gasteiger partial charge in [-0.25, -0.2) is 4.98 Å². The molecule has 0 aliphatic heterocycles. The van der Waals surface area contributed by atoms with Gasteiger partial charge in [-0.2, -0.15) is 0 Å². The first-order valence-corrected chi connectivity index (χ1v) is 12.9. The molecule has 28 heavy (non-hydrogen) atoms. The molecule has 3 aromatic heterocycles. The summed E-state index contributed by atoms with van der Waals surface area (Å²) in [6.45, 7) is 0.160. The molecule has 3 heterocycles. The predicted molar refractivity (Wildman–Crippen MR) is 123 cm³/mol. The predicted octanol–water partition coefficient (Wildman–Crippen LogP) is 3.97. The van der Waals surface area contributed by atoms with Crippen LogP contribution in [0.2, 0.25) is 6.04 Å². The zero-order valence-electron chi connectivity index (χ0n) is 15.3. The highest BCUT2D eigenvalue weighted by Gasteiger charge is 2.23. The molecular formula is C21H22N2O2S2Si. The normalized spacial score (nSPS) is 12.5. The van der Waals surface area contributed by atoms with Gasteiger partial charge in [0, 0.05) is 16.5 Å². The van der Waals surface area contributed by atoms with Gasteiger partial charge >= 0.3 is 0 Å². The number of pyridine rings is 1. The molecular weight excluding hydrogens is 404 g/mol. The van der Waals surface area contributed by atoms with Crippen molar-refractivity contribution in [3.8, 4) is 21.7 Å². The Balaban J connectivity index is 1.87. The van der Waals surface area contributed by atoms with E-state index in [0.29, 0.717) is 12.1 Å². The fourth-order valence-corrected chi connectivity index (χ4v) is 7.61. The maximum absolute atomic E-state index is 10.8. The van der Waals surface area contributed by atoms with Crippen molar-refractivity contribution in [1.82, 2.24) is 4.98 Å². The van der Waals surface area contributed by atoms with Crippen LogP contribution in [0.25, 0.3) is 31.9 Å². The molecule has 0 fully saturated rings. The Labute approximate surface area is 173 Å². The summed E-state index contributed by atoms with van der Waals surface area (Å²) in [6, 6.07) is 17.1. The number of thiophene rings is 2. The Bertz CT molecular complexity index is 1070. The molecule has 4 N–H and O–H groups in total. The number of anilines is 1. The second-order valence-electron chi connectivity index (χ2n) is 6.69. The molecule has 0 saturated heterocycles. The molecule has 0 bridgehead atoms. The summed E-state index contributed by atoms with van der Waals surface area (Å²) >= 11 is 3.19. The summed E-state index contributed by atoms with van der Waals surface area (Å²) in [5, 5.41) is 12.0. The van der Waals surface area contributed by atoms with Gasteiger partial charge in [-0.1, -0.05) is 42.8 Å². The summed E-state index contributed by atoms with van der Waals surface area (Å²) in [6.07, 6.45) is 1.53. The topological polar surface area (TPSA) is 79.4 Å². The van der Waals surface area contributed by atoms with E-state index in [2.05, 4.69) is 29.6 Å². The molecule has 1 unspecified atom stereocenters. The van der Waals surface area contributed by atoms with Gasteiger partial charge in [0.2, 0.25) is 9.04 Å². The minimum Gasteiger partial charge on any atom is -0.429 e. The molecule has 0 aliphatic rings. The Morgan fingerprint density at radius 3 is 2.61 bits per heavy atom. The van der Waals surface area contributed by atoms with Gasteiger partial charge in [0.1, 0.15) is 4.83 Å². The van der Waals surface area contributed by atoms with Crippen molar-refractivity contribution in [1.29, 1.82) is 0 Å². The Kier molecular flexibility index (Phi) is 5.89. The standard InChI is InChI=1S/C21H22N2O2S2Si/c22-19-18-15(14-7-2-1-3-8-14)13-16(17-9-6-11-26-17)23-20(18)27-21(19)28(25)12-5-4-10-24/h1-3,6-9,11,13,24-25,28H,4-5,10,12,22H2. The first-order valence-electron chi connectivity index (χ1n) is 9.30. The van der Waals surface area contributed by atoms with E-state index in [1.165, 1.54) is 11.3 Å². The van der Waals surface area contributed by atoms with Crippen molar-refractivity contribution in [2.45, 2.75) is 18.9 Å². The van der Waals surface area contributed by atoms with Crippen LogP contribution in [0.1, 0.15) is 12.8 Å². The molecule has 4 aromatic rings. The summed E-state index contributed by atoms with van der Waals surface area (Å²) in [5.41, 5.74) is 10.3. The minimum atomic E-state index is -2.15. The van der Waals surface area contributed by atoms with Crippen molar-refractivity contribution < 1.29 is 9.90 Å². The number of nitrogens with zero attached hydrogens (tertiary/aromatic N) is 1. The average molecular weight is 427 g/mol. The largest absolute Gasteiger partial charge is 0.429 e. The Hall–Kier alpha value is -2.03. The third kappa shape index (κ3) is 3.76. The number of aliphatic hydroxyl groups excluding tert-OH is 1. The van der Waals surface area contributed by atoms with E-state index in [9.17, 15) is 4.80 Å². The second-order valence-corrected chi connectivity index (χ2v) is 11.3. The van der Waals surface area contributed by atoms with E-state index in [1.807, 2.05) is 24.3 Å². The van der Waals surface area contributed by atoms with Crippen molar-refractivity contribution >= 4 is 52.1 Å². The highest BCUT2D eigenvalue weighted by molar-refractivity contribution is 7.29. The van der Waals surface area contributed by atoms with Gasteiger partial charge in [0.05, 0.1) is 16.3 Å². The number of fused-ring (bicyclic) bond motifs is 1. The fraction of sp³-hybridized carbons (Fsp3) is 0.190. The van der Waals surface area contributed by atoms with E-state index in [1.54, 1.807) is 11.3 Å². The van der Waals surface area contributed by atoms with Crippen LogP contribution >= 0.6 is 22.7 Å². The van der Waals surface area contributed by atoms with Gasteiger partial charge in [-0.05, 0) is 41.1 Å². The molecule has 0 saturated carbocycles. The summed E-state index contributed by atoms with van der Waals surface area (Å²) in [4.78, 5) is 17.7. The Morgan fingerprint density at radius 2 is 1.89 bits per heavy atom. The zero-order chi connectivity index (χ0) is 19.5. The molecule has 0 spiro atoms. The zero-order valence-corrected chi connectivity index (χ0v) is 18.1. The maximum atomic E-state index is 10.8. The number of unbranched alkanes of at least 4 members (excludes halogenated alkanes) is 1. The Morgan fingerprint density at radius 1 is 1.07 bits per heavy atom. The van der Waals surface area contributed by atoms with Gasteiger partial charge in [0.15, 0.2) is 0 Å². The van der Waals surface area contributed by atoms with E-state index in [4.69, 9.17) is 15.8 Å². The van der Waals surface area contributed by atoms with Crippen LogP contribution in [-0.2, 0) is 0 Å². The van der Waals surface area contributed by atoms with E-state index < -0.39 is 9.04 Å². The van der Waals surface area contributed by atoms with Crippen LogP contribution in [0, 0.1) is 0 Å². The number of aromatic nitrogens is 1. The lowest BCUT2D eigenvalue weighted by atomic mass is 10.0. The van der Waals surface area contributed by atoms with Crippen molar-refractivity contribution in [3.05, 3.63) is 53.9 Å². The number of hydrogen-bond acceptors (Lipinski definition) is 6. The monoisotopic (exact) mass is 426 g/mol. The molecule has 0 radical (unpaired) electrons. The average Bonchev–Trinajstić information content (AvgIpc) is 3.37. The molecule has 1 atom stereocenters. The van der Waals surface area contributed by atoms with E-state index in [-0.39, 0.29) is 6.61 Å². The second kappa shape index (κ2) is 8.55. The third-order valence-electron chi connectivity index (χ3n) is 4.77. The lowest BCUT2D eigenvalue weighted by Crippen LogP contribution is -2.29. The quantitative estimate of drug-likeness (QED) is 0.309. The smallest absolute Gasteiger partial charge is 0.217 e. The molecule has 0 amide bonds. The lowest BCUT2D eigenvalue weighted by molar-refractivity contribution is 0.286. The minimum absolute atomic E-state index is 0.160. The first kappa shape index (κ1) is 19.3. The molecule has 144 valence electrons. The van der Waals surface area contributed by atoms with Crippen LogP contribution < -0.4 is 10.2 Å². The van der Waals surface area contributed by atoms with Crippen LogP contribution in [-0.4, -0.2) is 30.5 Å². The van der Waals surface area contributed by atoms with Gasteiger partial charge < -0.3 is 15.6 Å². The van der Waals surface area contributed by atoms with Gasteiger partial charge in [-0.3, -0.25) is 0 Å². The van der Waals surface area contributed by atoms with Crippen molar-refractivity contribution in [3.63, 3.8) is 0 Å². The first-order chi connectivity index (χ1) is 13.7. The highest BCUT2D eigenvalue weighted by Crippen LogP contribution is 2.38. The SMILES string of the molecule is Nc1c([SiH](O)CCCCO)sc2nc(-c3cccs3)cc(-c3ccccc3)c12. The molecule has 0 aliphatic carbocycles. The molecule has 1 aromatic carbocycles. The van der Waals surface area contributed by atoms with Crippen LogP contribution in [0.3, 0.4) is 0 Å². The van der Waals surface area contributed by atoms with E-state index >= 15 is 0 Å². The lowest BCUT2D eigenvalue weighted by Gasteiger charge is -2.09. The van der Waals surface area contributed by atoms with Crippen LogP contribution in [0.4, 0.5) is 5.69 Å². The number of nitrogens with two attached hydrogens (primary N) is 1. The number of hydrogen-bond donors (Lipinski definition) is 3. The molecule has 7 heteroatoms. The molecule has 4 rings (SSSR count). The number of rotatable bonds is 7. The summed E-state index contributed by atoms with van der Waals surface area (Å²) in [5.74, 6) is 0. The number of benzene rings is 1. The van der Waals surface area contributed by atoms with Crippen molar-refractivity contribution in [2.24, 2.45) is 0 Å². The van der Waals surface area contributed by atoms with Gasteiger partial charge in [-0.15, -0.1) is 22.7 Å². The number of aliphatic hydroxyl groups is 1. The van der Waals surface area contributed by atoms with E-state index in [0.717, 1.165) is 48.9 Å². The van der Waals surface area contributed by atoms with Crippen molar-refractivity contribution in [2.75, 3.05) is 12.3 Å². The van der Waals surface area contributed by atoms with Crippen LogP contribution in [0.5, 0.6) is 0 Å². The fourth-order valence-electron chi connectivity index (χ4n) is 3.36. The third-order valence-corrected chi connectivity index (χ3v) is 9.64. The maximum Gasteiger partial charge on any atom is 0.217 e.